The summed E-state index contributed by atoms with van der Waals surface area (Å²) in [5.74, 6) is 2.11. The van der Waals surface area contributed by atoms with E-state index in [9.17, 15) is 4.79 Å². The number of methoxy groups -OCH3 is 2. The van der Waals surface area contributed by atoms with Crippen molar-refractivity contribution in [2.75, 3.05) is 20.8 Å². The van der Waals surface area contributed by atoms with E-state index in [1.807, 2.05) is 30.3 Å². The average molecular weight is 420 g/mol. The normalized spacial score (nSPS) is 10.5. The predicted octanol–water partition coefficient (Wildman–Crippen LogP) is 3.81. The van der Waals surface area contributed by atoms with Crippen molar-refractivity contribution in [3.63, 3.8) is 0 Å². The molecule has 3 aromatic rings. The van der Waals surface area contributed by atoms with Gasteiger partial charge in [0.15, 0.2) is 18.1 Å². The minimum Gasteiger partial charge on any atom is -0.493 e. The number of carbonyl (C=O) groups excluding carboxylic acids is 1. The van der Waals surface area contributed by atoms with E-state index in [4.69, 9.17) is 18.9 Å². The molecule has 1 amide bonds. The molecule has 3 aromatic carbocycles. The van der Waals surface area contributed by atoms with E-state index in [0.717, 1.165) is 16.9 Å². The molecule has 0 aliphatic carbocycles. The Balaban J connectivity index is 1.42. The first kappa shape index (κ1) is 21.7. The Morgan fingerprint density at radius 3 is 2.23 bits per heavy atom. The number of amides is 1. The lowest BCUT2D eigenvalue weighted by molar-refractivity contribution is -0.123. The molecule has 31 heavy (non-hydrogen) atoms. The van der Waals surface area contributed by atoms with Crippen molar-refractivity contribution in [1.82, 2.24) is 5.43 Å². The second-order valence-electron chi connectivity index (χ2n) is 6.44. The Hall–Kier alpha value is -4.00. The van der Waals surface area contributed by atoms with Crippen LogP contribution in [0.3, 0.4) is 0 Å². The van der Waals surface area contributed by atoms with Gasteiger partial charge in [0.05, 0.1) is 20.4 Å². The molecule has 0 saturated heterocycles. The first-order chi connectivity index (χ1) is 15.2. The molecule has 0 heterocycles. The largest absolute Gasteiger partial charge is 0.493 e. The monoisotopic (exact) mass is 420 g/mol. The van der Waals surface area contributed by atoms with Gasteiger partial charge in [-0.2, -0.15) is 5.10 Å². The number of nitrogens with zero attached hydrogens (tertiary/aromatic N) is 1. The number of hydrogen-bond donors (Lipinski definition) is 1. The lowest BCUT2D eigenvalue weighted by Crippen LogP contribution is -2.24. The minimum atomic E-state index is -0.374. The second kappa shape index (κ2) is 11.3. The number of ether oxygens (including phenoxy) is 4. The van der Waals surface area contributed by atoms with Crippen LogP contribution >= 0.6 is 0 Å². The van der Waals surface area contributed by atoms with Crippen molar-refractivity contribution in [1.29, 1.82) is 0 Å². The topological polar surface area (TPSA) is 78.4 Å². The highest BCUT2D eigenvalue weighted by molar-refractivity contribution is 5.83. The van der Waals surface area contributed by atoms with Crippen LogP contribution in [0.2, 0.25) is 0 Å². The van der Waals surface area contributed by atoms with Crippen LogP contribution in [-0.4, -0.2) is 32.9 Å². The number of hydrogen-bond acceptors (Lipinski definition) is 6. The van der Waals surface area contributed by atoms with Gasteiger partial charge in [0.2, 0.25) is 0 Å². The number of nitrogens with one attached hydrogen (secondary N) is 1. The Kier molecular flexibility index (Phi) is 7.88. The zero-order chi connectivity index (χ0) is 21.9. The van der Waals surface area contributed by atoms with Crippen molar-refractivity contribution in [2.45, 2.75) is 6.61 Å². The van der Waals surface area contributed by atoms with Crippen LogP contribution in [0.1, 0.15) is 11.1 Å². The molecule has 0 spiro atoms. The highest BCUT2D eigenvalue weighted by Gasteiger charge is 2.04. The van der Waals surface area contributed by atoms with E-state index in [0.29, 0.717) is 23.9 Å². The van der Waals surface area contributed by atoms with Crippen molar-refractivity contribution >= 4 is 12.1 Å². The zero-order valence-electron chi connectivity index (χ0n) is 17.4. The molecule has 0 aliphatic rings. The van der Waals surface area contributed by atoms with Gasteiger partial charge in [-0.15, -0.1) is 0 Å². The van der Waals surface area contributed by atoms with E-state index < -0.39 is 0 Å². The van der Waals surface area contributed by atoms with E-state index in [1.165, 1.54) is 6.21 Å². The highest BCUT2D eigenvalue weighted by atomic mass is 16.5. The number of rotatable bonds is 10. The molecule has 0 radical (unpaired) electrons. The maximum Gasteiger partial charge on any atom is 0.277 e. The lowest BCUT2D eigenvalue weighted by atomic mass is 10.2. The fourth-order valence-corrected chi connectivity index (χ4v) is 2.67. The van der Waals surface area contributed by atoms with Gasteiger partial charge in [0, 0.05) is 0 Å². The van der Waals surface area contributed by atoms with Gasteiger partial charge in [-0.25, -0.2) is 5.43 Å². The molecule has 1 N–H and O–H groups in total. The van der Waals surface area contributed by atoms with Crippen LogP contribution in [0.5, 0.6) is 23.0 Å². The summed E-state index contributed by atoms with van der Waals surface area (Å²) < 4.78 is 21.6. The van der Waals surface area contributed by atoms with Gasteiger partial charge >= 0.3 is 0 Å². The second-order valence-corrected chi connectivity index (χ2v) is 6.44. The van der Waals surface area contributed by atoms with Crippen molar-refractivity contribution < 1.29 is 23.7 Å². The van der Waals surface area contributed by atoms with Crippen molar-refractivity contribution in [3.05, 3.63) is 83.9 Å². The molecule has 0 aromatic heterocycles. The first-order valence-electron chi connectivity index (χ1n) is 9.61. The van der Waals surface area contributed by atoms with E-state index >= 15 is 0 Å². The molecule has 0 atom stereocenters. The van der Waals surface area contributed by atoms with Crippen LogP contribution in [0, 0.1) is 0 Å². The van der Waals surface area contributed by atoms with E-state index in [-0.39, 0.29) is 12.5 Å². The Morgan fingerprint density at radius 2 is 1.55 bits per heavy atom. The van der Waals surface area contributed by atoms with Gasteiger partial charge in [0.25, 0.3) is 5.91 Å². The summed E-state index contributed by atoms with van der Waals surface area (Å²) in [7, 11) is 3.12. The van der Waals surface area contributed by atoms with Gasteiger partial charge in [-0.05, 0) is 53.6 Å². The Bertz CT molecular complexity index is 1000. The zero-order valence-corrected chi connectivity index (χ0v) is 17.4. The summed E-state index contributed by atoms with van der Waals surface area (Å²) in [6.07, 6.45) is 1.51. The quantitative estimate of drug-likeness (QED) is 0.399. The summed E-state index contributed by atoms with van der Waals surface area (Å²) in [6.45, 7) is 0.328. The Morgan fingerprint density at radius 1 is 0.871 bits per heavy atom. The highest BCUT2D eigenvalue weighted by Crippen LogP contribution is 2.26. The number of carbonyl (C=O) groups is 1. The molecule has 3 rings (SSSR count). The van der Waals surface area contributed by atoms with Crippen LogP contribution in [0.15, 0.2) is 77.9 Å². The summed E-state index contributed by atoms with van der Waals surface area (Å²) in [6, 6.07) is 22.3. The summed E-state index contributed by atoms with van der Waals surface area (Å²) >= 11 is 0. The van der Waals surface area contributed by atoms with Crippen LogP contribution in [0.25, 0.3) is 0 Å². The smallest absolute Gasteiger partial charge is 0.277 e. The molecular formula is C24H24N2O5. The fourth-order valence-electron chi connectivity index (χ4n) is 2.67. The molecule has 0 aliphatic heterocycles. The third-order valence-electron chi connectivity index (χ3n) is 4.25. The van der Waals surface area contributed by atoms with Crippen LogP contribution < -0.4 is 24.4 Å². The maximum atomic E-state index is 11.9. The molecule has 160 valence electrons. The molecule has 0 bridgehead atoms. The molecule has 0 saturated carbocycles. The minimum absolute atomic E-state index is 0.159. The third-order valence-corrected chi connectivity index (χ3v) is 4.25. The molecule has 7 nitrogen and oxygen atoms in total. The summed E-state index contributed by atoms with van der Waals surface area (Å²) in [4.78, 5) is 11.9. The molecule has 0 unspecified atom stereocenters. The SMILES string of the molecule is COc1ccc(C=NNC(=O)COc2ccc(OCc3ccccc3)cc2)cc1OC. The summed E-state index contributed by atoms with van der Waals surface area (Å²) in [5, 5.41) is 3.93. The standard InChI is InChI=1S/C24H24N2O5/c1-28-22-13-8-19(14-23(22)29-2)15-25-26-24(27)17-31-21-11-9-20(10-12-21)30-16-18-6-4-3-5-7-18/h3-15H,16-17H2,1-2H3,(H,26,27). The fraction of sp³-hybridized carbons (Fsp3) is 0.167. The van der Waals surface area contributed by atoms with Gasteiger partial charge in [0.1, 0.15) is 18.1 Å². The van der Waals surface area contributed by atoms with Crippen LogP contribution in [0.4, 0.5) is 0 Å². The van der Waals surface area contributed by atoms with Gasteiger partial charge in [-0.1, -0.05) is 30.3 Å². The van der Waals surface area contributed by atoms with Gasteiger partial charge < -0.3 is 18.9 Å². The van der Waals surface area contributed by atoms with Gasteiger partial charge in [-0.3, -0.25) is 4.79 Å². The molecule has 7 heteroatoms. The maximum absolute atomic E-state index is 11.9. The predicted molar refractivity (Wildman–Crippen MR) is 118 cm³/mol. The number of benzene rings is 3. The van der Waals surface area contributed by atoms with Crippen molar-refractivity contribution in [3.8, 4) is 23.0 Å². The Labute approximate surface area is 181 Å². The van der Waals surface area contributed by atoms with E-state index in [2.05, 4.69) is 10.5 Å². The first-order valence-corrected chi connectivity index (χ1v) is 9.61. The van der Waals surface area contributed by atoms with Crippen LogP contribution in [-0.2, 0) is 11.4 Å². The van der Waals surface area contributed by atoms with E-state index in [1.54, 1.807) is 56.7 Å². The third kappa shape index (κ3) is 6.78. The average Bonchev–Trinajstić information content (AvgIpc) is 2.82. The van der Waals surface area contributed by atoms with Crippen molar-refractivity contribution in [2.24, 2.45) is 5.10 Å². The molecular weight excluding hydrogens is 396 g/mol. The lowest BCUT2D eigenvalue weighted by Gasteiger charge is -2.08. The summed E-state index contributed by atoms with van der Waals surface area (Å²) in [5.41, 5.74) is 4.27. The molecule has 0 fully saturated rings. The number of hydrazone groups is 1.